The highest BCUT2D eigenvalue weighted by atomic mass is 35.5. The van der Waals surface area contributed by atoms with E-state index >= 15 is 0 Å². The fourth-order valence-corrected chi connectivity index (χ4v) is 2.64. The van der Waals surface area contributed by atoms with Crippen molar-refractivity contribution in [3.63, 3.8) is 0 Å². The van der Waals surface area contributed by atoms with Crippen LogP contribution in [0.3, 0.4) is 0 Å². The molecule has 0 fully saturated rings. The van der Waals surface area contributed by atoms with Gasteiger partial charge in [0.1, 0.15) is 5.75 Å². The van der Waals surface area contributed by atoms with Crippen molar-refractivity contribution in [3.8, 4) is 5.75 Å². The summed E-state index contributed by atoms with van der Waals surface area (Å²) >= 11 is 5.81. The van der Waals surface area contributed by atoms with E-state index in [0.717, 1.165) is 6.20 Å². The molecule has 0 saturated carbocycles. The molecule has 1 aromatic carbocycles. The molecule has 0 spiro atoms. The molecule has 0 saturated heterocycles. The monoisotopic (exact) mass is 287 g/mol. The summed E-state index contributed by atoms with van der Waals surface area (Å²) in [5, 5.41) is 10.0. The van der Waals surface area contributed by atoms with Crippen molar-refractivity contribution in [2.45, 2.75) is 11.9 Å². The van der Waals surface area contributed by atoms with Crippen LogP contribution >= 0.6 is 11.6 Å². The third-order valence-electron chi connectivity index (χ3n) is 2.27. The molecule has 1 aromatic heterocycles. The van der Waals surface area contributed by atoms with Crippen LogP contribution in [0.5, 0.6) is 5.75 Å². The van der Waals surface area contributed by atoms with Crippen molar-refractivity contribution in [2.75, 3.05) is 4.72 Å². The van der Waals surface area contributed by atoms with Crippen LogP contribution in [0, 0.1) is 6.92 Å². The first kappa shape index (κ1) is 12.7. The van der Waals surface area contributed by atoms with Crippen LogP contribution in [0.4, 0.5) is 5.69 Å². The fourth-order valence-electron chi connectivity index (χ4n) is 1.40. The third kappa shape index (κ3) is 2.41. The molecule has 0 bridgehead atoms. The Kier molecular flexibility index (Phi) is 3.18. The molecular formula is C10H10ClN3O3S. The van der Waals surface area contributed by atoms with E-state index in [1.165, 1.54) is 18.5 Å². The Morgan fingerprint density at radius 3 is 2.78 bits per heavy atom. The number of phenolic OH excluding ortho intramolecular Hbond substituents is 1. The summed E-state index contributed by atoms with van der Waals surface area (Å²) in [5.41, 5.74) is 0.499. The van der Waals surface area contributed by atoms with Gasteiger partial charge in [-0.1, -0.05) is 11.6 Å². The molecule has 8 heteroatoms. The zero-order valence-corrected chi connectivity index (χ0v) is 10.9. The van der Waals surface area contributed by atoms with Crippen LogP contribution in [0.15, 0.2) is 29.7 Å². The molecule has 0 aliphatic carbocycles. The van der Waals surface area contributed by atoms with Crippen molar-refractivity contribution in [1.82, 2.24) is 9.97 Å². The van der Waals surface area contributed by atoms with Gasteiger partial charge in [-0.25, -0.2) is 4.98 Å². The first-order chi connectivity index (χ1) is 8.40. The summed E-state index contributed by atoms with van der Waals surface area (Å²) in [4.78, 5) is 6.09. The second kappa shape index (κ2) is 4.51. The normalized spacial score (nSPS) is 11.4. The predicted octanol–water partition coefficient (Wildman–Crippen LogP) is 1.88. The van der Waals surface area contributed by atoms with E-state index in [-0.39, 0.29) is 16.5 Å². The number of nitrogens with one attached hydrogen (secondary N) is 2. The molecule has 0 atom stereocenters. The van der Waals surface area contributed by atoms with Crippen LogP contribution in [0.2, 0.25) is 5.02 Å². The number of hydrogen-bond acceptors (Lipinski definition) is 4. The van der Waals surface area contributed by atoms with E-state index < -0.39 is 10.0 Å². The van der Waals surface area contributed by atoms with Crippen molar-refractivity contribution in [2.24, 2.45) is 0 Å². The Balaban J connectivity index is 2.41. The highest BCUT2D eigenvalue weighted by Gasteiger charge is 2.18. The number of rotatable bonds is 3. The molecule has 2 rings (SSSR count). The highest BCUT2D eigenvalue weighted by Crippen LogP contribution is 2.32. The number of sulfonamides is 1. The largest absolute Gasteiger partial charge is 0.505 e. The minimum atomic E-state index is -3.81. The topological polar surface area (TPSA) is 95.1 Å². The van der Waals surface area contributed by atoms with Gasteiger partial charge in [0.2, 0.25) is 0 Å². The van der Waals surface area contributed by atoms with E-state index in [1.807, 2.05) is 0 Å². The van der Waals surface area contributed by atoms with Crippen molar-refractivity contribution < 1.29 is 13.5 Å². The van der Waals surface area contributed by atoms with Crippen LogP contribution in [0.25, 0.3) is 0 Å². The van der Waals surface area contributed by atoms with Gasteiger partial charge in [0.05, 0.1) is 18.2 Å². The Hall–Kier alpha value is -1.73. The van der Waals surface area contributed by atoms with Crippen molar-refractivity contribution >= 4 is 27.3 Å². The van der Waals surface area contributed by atoms with E-state index in [0.29, 0.717) is 10.6 Å². The fraction of sp³-hybridized carbons (Fsp3) is 0.100. The zero-order chi connectivity index (χ0) is 13.3. The molecule has 3 N–H and O–H groups in total. The summed E-state index contributed by atoms with van der Waals surface area (Å²) in [6.45, 7) is 1.62. The van der Waals surface area contributed by atoms with Gasteiger partial charge < -0.3 is 10.1 Å². The summed E-state index contributed by atoms with van der Waals surface area (Å²) < 4.78 is 26.0. The van der Waals surface area contributed by atoms with Gasteiger partial charge in [-0.05, 0) is 24.6 Å². The maximum atomic E-state index is 11.9. The lowest BCUT2D eigenvalue weighted by Crippen LogP contribution is -2.13. The third-order valence-corrected chi connectivity index (χ3v) is 3.78. The Morgan fingerprint density at radius 1 is 1.44 bits per heavy atom. The molecule has 0 aliphatic heterocycles. The summed E-state index contributed by atoms with van der Waals surface area (Å²) in [7, 11) is -3.81. The lowest BCUT2D eigenvalue weighted by molar-refractivity contribution is 0.473. The number of aromatic amines is 1. The number of aryl methyl sites for hydroxylation is 1. The van der Waals surface area contributed by atoms with E-state index in [9.17, 15) is 13.5 Å². The molecular weight excluding hydrogens is 278 g/mol. The van der Waals surface area contributed by atoms with Crippen molar-refractivity contribution in [1.29, 1.82) is 0 Å². The van der Waals surface area contributed by atoms with Crippen molar-refractivity contribution in [3.05, 3.63) is 35.2 Å². The van der Waals surface area contributed by atoms with Crippen LogP contribution < -0.4 is 4.72 Å². The SMILES string of the molecule is Cc1cc(Cl)cc(NS(=O)(=O)c2cnc[nH]2)c1O. The Labute approximate surface area is 109 Å². The van der Waals surface area contributed by atoms with Gasteiger partial charge >= 0.3 is 0 Å². The number of phenols is 1. The lowest BCUT2D eigenvalue weighted by atomic mass is 10.2. The maximum Gasteiger partial charge on any atom is 0.279 e. The molecule has 96 valence electrons. The summed E-state index contributed by atoms with van der Waals surface area (Å²) in [6.07, 6.45) is 2.41. The number of halogens is 1. The first-order valence-corrected chi connectivity index (χ1v) is 6.76. The molecule has 0 aliphatic rings. The average Bonchev–Trinajstić information content (AvgIpc) is 2.78. The van der Waals surface area contributed by atoms with Gasteiger partial charge in [-0.2, -0.15) is 8.42 Å². The standard InChI is InChI=1S/C10H10ClN3O3S/c1-6-2-7(11)3-8(10(6)15)14-18(16,17)9-4-12-5-13-9/h2-5,14-15H,1H3,(H,12,13). The average molecular weight is 288 g/mol. The zero-order valence-electron chi connectivity index (χ0n) is 9.31. The predicted molar refractivity (Wildman–Crippen MR) is 67.3 cm³/mol. The van der Waals surface area contributed by atoms with E-state index in [4.69, 9.17) is 11.6 Å². The number of aromatic hydroxyl groups is 1. The molecule has 0 radical (unpaired) electrons. The maximum absolute atomic E-state index is 11.9. The van der Waals surface area contributed by atoms with Gasteiger partial charge in [0, 0.05) is 5.02 Å². The number of benzene rings is 1. The van der Waals surface area contributed by atoms with E-state index in [1.54, 1.807) is 6.92 Å². The lowest BCUT2D eigenvalue weighted by Gasteiger charge is -2.10. The quantitative estimate of drug-likeness (QED) is 0.751. The number of anilines is 1. The molecule has 18 heavy (non-hydrogen) atoms. The molecule has 0 amide bonds. The minimum Gasteiger partial charge on any atom is -0.505 e. The second-order valence-electron chi connectivity index (χ2n) is 3.64. The van der Waals surface area contributed by atoms with E-state index in [2.05, 4.69) is 14.7 Å². The van der Waals surface area contributed by atoms with Gasteiger partial charge in [0.25, 0.3) is 10.0 Å². The van der Waals surface area contributed by atoms with Crippen LogP contribution in [-0.2, 0) is 10.0 Å². The number of nitrogens with zero attached hydrogens (tertiary/aromatic N) is 1. The summed E-state index contributed by atoms with van der Waals surface area (Å²) in [6, 6.07) is 2.86. The number of hydrogen-bond donors (Lipinski definition) is 3. The minimum absolute atomic E-state index is 0.0228. The molecule has 0 unspecified atom stereocenters. The molecule has 6 nitrogen and oxygen atoms in total. The van der Waals surface area contributed by atoms with Gasteiger partial charge in [-0.3, -0.25) is 4.72 Å². The second-order valence-corrected chi connectivity index (χ2v) is 5.73. The highest BCUT2D eigenvalue weighted by molar-refractivity contribution is 7.92. The van der Waals surface area contributed by atoms with Crippen LogP contribution in [0.1, 0.15) is 5.56 Å². The smallest absolute Gasteiger partial charge is 0.279 e. The summed E-state index contributed by atoms with van der Waals surface area (Å²) in [5.74, 6) is -0.164. The number of H-pyrrole nitrogens is 1. The van der Waals surface area contributed by atoms with Gasteiger partial charge in [0.15, 0.2) is 5.03 Å². The van der Waals surface area contributed by atoms with Crippen LogP contribution in [-0.4, -0.2) is 23.5 Å². The Bertz CT molecular complexity index is 668. The first-order valence-electron chi connectivity index (χ1n) is 4.90. The molecule has 1 heterocycles. The van der Waals surface area contributed by atoms with Gasteiger partial charge in [-0.15, -0.1) is 0 Å². The molecule has 2 aromatic rings. The number of aromatic nitrogens is 2. The Morgan fingerprint density at radius 2 is 2.17 bits per heavy atom. The number of imidazole rings is 1.